The smallest absolute Gasteiger partial charge is 0.258 e. The lowest BCUT2D eigenvalue weighted by molar-refractivity contribution is -0.384. The minimum Gasteiger partial charge on any atom is -0.258 e. The number of halogens is 9. The van der Waals surface area contributed by atoms with E-state index in [2.05, 4.69) is 0 Å². The number of alkyl halides is 9. The molecule has 0 unspecified atom stereocenters. The van der Waals surface area contributed by atoms with Crippen LogP contribution < -0.4 is 0 Å². The number of nitro groups is 1. The van der Waals surface area contributed by atoms with E-state index < -0.39 is 51.4 Å². The highest BCUT2D eigenvalue weighted by Crippen LogP contribution is 2.44. The Hall–Kier alpha value is -3.57. The van der Waals surface area contributed by atoms with Crippen molar-refractivity contribution in [1.82, 2.24) is 0 Å². The summed E-state index contributed by atoms with van der Waals surface area (Å²) >= 11 is 0. The fraction of sp³-hybridized carbons (Fsp3) is 0.217. The van der Waals surface area contributed by atoms with Gasteiger partial charge in [-0.25, -0.2) is 0 Å². The molecule has 0 radical (unpaired) electrons. The molecule has 0 N–H and O–H groups in total. The molecule has 35 heavy (non-hydrogen) atoms. The lowest BCUT2D eigenvalue weighted by atomic mass is 9.87. The zero-order chi connectivity index (χ0) is 26.5. The van der Waals surface area contributed by atoms with Gasteiger partial charge in [0, 0.05) is 5.56 Å². The van der Waals surface area contributed by atoms with Crippen molar-refractivity contribution in [2.75, 3.05) is 0 Å². The zero-order valence-corrected chi connectivity index (χ0v) is 17.8. The van der Waals surface area contributed by atoms with E-state index in [1.165, 1.54) is 13.8 Å². The molecule has 0 spiro atoms. The van der Waals surface area contributed by atoms with Crippen LogP contribution in [0.1, 0.15) is 27.8 Å². The molecule has 3 rings (SSSR count). The Kier molecular flexibility index (Phi) is 6.38. The lowest BCUT2D eigenvalue weighted by Crippen LogP contribution is -2.11. The van der Waals surface area contributed by atoms with Crippen LogP contribution in [0, 0.1) is 24.0 Å². The van der Waals surface area contributed by atoms with Gasteiger partial charge in [-0.05, 0) is 72.5 Å². The monoisotopic (exact) mass is 507 g/mol. The number of hydrogen-bond donors (Lipinski definition) is 0. The number of benzene rings is 3. The summed E-state index contributed by atoms with van der Waals surface area (Å²) in [5.41, 5.74) is -5.85. The van der Waals surface area contributed by atoms with Gasteiger partial charge in [0.15, 0.2) is 0 Å². The van der Waals surface area contributed by atoms with Gasteiger partial charge in [0.25, 0.3) is 5.69 Å². The molecule has 0 aromatic heterocycles. The lowest BCUT2D eigenvalue weighted by Gasteiger charge is -2.18. The molecule has 0 bridgehead atoms. The topological polar surface area (TPSA) is 43.1 Å². The highest BCUT2D eigenvalue weighted by Gasteiger charge is 2.37. The van der Waals surface area contributed by atoms with Crippen molar-refractivity contribution in [3.63, 3.8) is 0 Å². The second-order valence-corrected chi connectivity index (χ2v) is 7.72. The van der Waals surface area contributed by atoms with E-state index in [0.717, 1.165) is 18.2 Å². The van der Waals surface area contributed by atoms with Gasteiger partial charge in [-0.15, -0.1) is 0 Å². The minimum atomic E-state index is -5.12. The van der Waals surface area contributed by atoms with Gasteiger partial charge >= 0.3 is 18.5 Å². The third-order valence-corrected chi connectivity index (χ3v) is 5.33. The third-order valence-electron chi connectivity index (χ3n) is 5.33. The molecule has 0 amide bonds. The number of nitro benzene ring substituents is 1. The molecule has 0 atom stereocenters. The SMILES string of the molecule is Cc1cc(-c2cc(C(F)(F)F)cc(C(F)(F)F)c2)c(C)c(-c2ccc(C(F)(F)F)cc2)c1[N+](=O)[O-]. The fourth-order valence-electron chi connectivity index (χ4n) is 3.73. The average Bonchev–Trinajstić information content (AvgIpc) is 2.72. The zero-order valence-electron chi connectivity index (χ0n) is 17.8. The Morgan fingerprint density at radius 2 is 1.11 bits per heavy atom. The average molecular weight is 507 g/mol. The van der Waals surface area contributed by atoms with Crippen LogP contribution >= 0.6 is 0 Å². The quantitative estimate of drug-likeness (QED) is 0.202. The summed E-state index contributed by atoms with van der Waals surface area (Å²) in [5.74, 6) is 0. The fourth-order valence-corrected chi connectivity index (χ4v) is 3.73. The first-order chi connectivity index (χ1) is 15.9. The highest BCUT2D eigenvalue weighted by molar-refractivity contribution is 5.86. The van der Waals surface area contributed by atoms with Crippen LogP contribution in [0.4, 0.5) is 45.2 Å². The Morgan fingerprint density at radius 1 is 0.657 bits per heavy atom. The molecule has 0 fully saturated rings. The van der Waals surface area contributed by atoms with E-state index in [-0.39, 0.29) is 33.9 Å². The van der Waals surface area contributed by atoms with Gasteiger partial charge in [0.05, 0.1) is 27.2 Å². The van der Waals surface area contributed by atoms with Crippen LogP contribution in [0.15, 0.2) is 48.5 Å². The van der Waals surface area contributed by atoms with Gasteiger partial charge in [-0.2, -0.15) is 39.5 Å². The van der Waals surface area contributed by atoms with E-state index in [9.17, 15) is 49.6 Å². The maximum absolute atomic E-state index is 13.3. The van der Waals surface area contributed by atoms with E-state index in [4.69, 9.17) is 0 Å². The van der Waals surface area contributed by atoms with Gasteiger partial charge in [-0.3, -0.25) is 10.1 Å². The molecule has 3 nitrogen and oxygen atoms in total. The van der Waals surface area contributed by atoms with E-state index >= 15 is 0 Å². The van der Waals surface area contributed by atoms with E-state index in [1.54, 1.807) is 0 Å². The molecule has 0 saturated carbocycles. The molecule has 0 aliphatic rings. The predicted molar refractivity (Wildman–Crippen MR) is 108 cm³/mol. The molecular formula is C23H14F9NO2. The van der Waals surface area contributed by atoms with Crippen molar-refractivity contribution in [2.24, 2.45) is 0 Å². The van der Waals surface area contributed by atoms with Crippen LogP contribution in [0.2, 0.25) is 0 Å². The summed E-state index contributed by atoms with van der Waals surface area (Å²) in [6.07, 6.45) is -14.9. The molecular weight excluding hydrogens is 493 g/mol. The molecule has 12 heteroatoms. The molecule has 0 aliphatic heterocycles. The van der Waals surface area contributed by atoms with Crippen LogP contribution in [-0.4, -0.2) is 4.92 Å². The van der Waals surface area contributed by atoms with Crippen molar-refractivity contribution >= 4 is 5.69 Å². The third kappa shape index (κ3) is 5.25. The van der Waals surface area contributed by atoms with Crippen molar-refractivity contribution in [2.45, 2.75) is 32.4 Å². The molecule has 0 aliphatic carbocycles. The number of nitrogens with zero attached hydrogens (tertiary/aromatic N) is 1. The first-order valence-corrected chi connectivity index (χ1v) is 9.67. The number of rotatable bonds is 3. The van der Waals surface area contributed by atoms with Crippen molar-refractivity contribution in [1.29, 1.82) is 0 Å². The first kappa shape index (κ1) is 26.0. The Morgan fingerprint density at radius 3 is 1.51 bits per heavy atom. The Bertz CT molecular complexity index is 1260. The van der Waals surface area contributed by atoms with Gasteiger partial charge in [-0.1, -0.05) is 12.1 Å². The van der Waals surface area contributed by atoms with Crippen molar-refractivity contribution in [3.8, 4) is 22.3 Å². The summed E-state index contributed by atoms with van der Waals surface area (Å²) in [6.45, 7) is 2.47. The van der Waals surface area contributed by atoms with Gasteiger partial charge in [0.2, 0.25) is 0 Å². The summed E-state index contributed by atoms with van der Waals surface area (Å²) < 4.78 is 119. The van der Waals surface area contributed by atoms with Gasteiger partial charge < -0.3 is 0 Å². The van der Waals surface area contributed by atoms with Crippen LogP contribution in [0.3, 0.4) is 0 Å². The number of aryl methyl sites for hydroxylation is 1. The molecule has 3 aromatic carbocycles. The van der Waals surface area contributed by atoms with Crippen LogP contribution in [0.25, 0.3) is 22.3 Å². The molecule has 186 valence electrons. The summed E-state index contributed by atoms with van der Waals surface area (Å²) in [4.78, 5) is 10.9. The van der Waals surface area contributed by atoms with Crippen molar-refractivity contribution in [3.05, 3.63) is 86.5 Å². The maximum atomic E-state index is 13.3. The van der Waals surface area contributed by atoms with E-state index in [0.29, 0.717) is 24.3 Å². The largest absolute Gasteiger partial charge is 0.416 e. The second-order valence-electron chi connectivity index (χ2n) is 7.72. The van der Waals surface area contributed by atoms with Crippen LogP contribution in [0.5, 0.6) is 0 Å². The summed E-state index contributed by atoms with van der Waals surface area (Å²) in [5, 5.41) is 11.7. The summed E-state index contributed by atoms with van der Waals surface area (Å²) in [7, 11) is 0. The van der Waals surface area contributed by atoms with Gasteiger partial charge in [0.1, 0.15) is 0 Å². The predicted octanol–water partition coefficient (Wildman–Crippen LogP) is 8.60. The summed E-state index contributed by atoms with van der Waals surface area (Å²) in [6, 6.07) is 5.26. The molecule has 3 aromatic rings. The minimum absolute atomic E-state index is 0.0478. The first-order valence-electron chi connectivity index (χ1n) is 9.67. The normalized spacial score (nSPS) is 12.7. The van der Waals surface area contributed by atoms with Crippen LogP contribution in [-0.2, 0) is 18.5 Å². The second kappa shape index (κ2) is 8.58. The molecule has 0 heterocycles. The Balaban J connectivity index is 2.36. The highest BCUT2D eigenvalue weighted by atomic mass is 19.4. The van der Waals surface area contributed by atoms with E-state index in [1.807, 2.05) is 0 Å². The maximum Gasteiger partial charge on any atom is 0.416 e. The molecule has 0 saturated heterocycles. The standard InChI is InChI=1S/C23H14F9NO2/c1-11-7-18(14-8-16(22(27,28)29)10-17(9-14)23(30,31)32)12(2)19(20(11)33(34)35)13-3-5-15(6-4-13)21(24,25)26/h3-10H,1-2H3. The number of hydrogen-bond acceptors (Lipinski definition) is 2. The Labute approximate surface area is 192 Å². The van der Waals surface area contributed by atoms with Crippen molar-refractivity contribution < 1.29 is 44.4 Å².